The van der Waals surface area contributed by atoms with Gasteiger partial charge >= 0.3 is 0 Å². The predicted molar refractivity (Wildman–Crippen MR) is 101 cm³/mol. The van der Waals surface area contributed by atoms with Gasteiger partial charge in [-0.1, -0.05) is 42.9 Å². The summed E-state index contributed by atoms with van der Waals surface area (Å²) in [6, 6.07) is 8.31. The monoisotopic (exact) mass is 377 g/mol. The second kappa shape index (κ2) is 9.97. The van der Waals surface area contributed by atoms with Crippen LogP contribution in [0.3, 0.4) is 0 Å². The number of hydrogen-bond donors (Lipinski definition) is 1. The van der Waals surface area contributed by atoms with Crippen molar-refractivity contribution in [3.05, 3.63) is 46.7 Å². The van der Waals surface area contributed by atoms with Gasteiger partial charge in [0, 0.05) is 23.2 Å². The summed E-state index contributed by atoms with van der Waals surface area (Å²) >= 11 is 5.89. The predicted octanol–water partition coefficient (Wildman–Crippen LogP) is 4.30. The van der Waals surface area contributed by atoms with E-state index in [0.717, 1.165) is 25.7 Å². The van der Waals surface area contributed by atoms with Crippen LogP contribution >= 0.6 is 11.6 Å². The molecule has 0 saturated carbocycles. The smallest absolute Gasteiger partial charge is 0.254 e. The molecule has 1 aromatic heterocycles. The zero-order chi connectivity index (χ0) is 18.9. The molecule has 0 fully saturated rings. The Morgan fingerprint density at radius 1 is 1.19 bits per heavy atom. The molecule has 0 saturated heterocycles. The Balaban J connectivity index is 2.02. The molecule has 1 aromatic carbocycles. The van der Waals surface area contributed by atoms with Crippen molar-refractivity contribution in [2.75, 3.05) is 18.4 Å². The maximum atomic E-state index is 12.8. The van der Waals surface area contributed by atoms with E-state index in [9.17, 15) is 9.59 Å². The highest BCUT2D eigenvalue weighted by molar-refractivity contribution is 6.30. The highest BCUT2D eigenvalue weighted by Crippen LogP contribution is 2.13. The lowest BCUT2D eigenvalue weighted by Gasteiger charge is -2.22. The van der Waals surface area contributed by atoms with Crippen molar-refractivity contribution < 1.29 is 14.1 Å². The quantitative estimate of drug-likeness (QED) is 0.661. The first-order valence-electron chi connectivity index (χ1n) is 8.77. The molecule has 0 radical (unpaired) electrons. The number of halogens is 1. The van der Waals surface area contributed by atoms with Crippen molar-refractivity contribution in [1.82, 2.24) is 10.1 Å². The fourth-order valence-corrected chi connectivity index (χ4v) is 2.66. The van der Waals surface area contributed by atoms with Crippen LogP contribution in [0.2, 0.25) is 5.02 Å². The SMILES string of the molecule is CCCCCCN(CC(=O)Nc1cc(C)on1)C(=O)c1ccc(Cl)cc1. The molecule has 140 valence electrons. The van der Waals surface area contributed by atoms with Crippen LogP contribution in [0.5, 0.6) is 0 Å². The number of nitrogens with zero attached hydrogens (tertiary/aromatic N) is 2. The summed E-state index contributed by atoms with van der Waals surface area (Å²) in [5.41, 5.74) is 0.509. The van der Waals surface area contributed by atoms with Gasteiger partial charge in [-0.3, -0.25) is 9.59 Å². The van der Waals surface area contributed by atoms with E-state index >= 15 is 0 Å². The molecule has 2 amide bonds. The molecular formula is C19H24ClN3O3. The highest BCUT2D eigenvalue weighted by Gasteiger charge is 2.19. The molecule has 6 nitrogen and oxygen atoms in total. The standard InChI is InChI=1S/C19H24ClN3O3/c1-3-4-5-6-11-23(19(25)15-7-9-16(20)10-8-15)13-18(24)21-17-12-14(2)26-22-17/h7-10,12H,3-6,11,13H2,1-2H3,(H,21,22,24). The molecule has 0 spiro atoms. The molecule has 2 aromatic rings. The lowest BCUT2D eigenvalue weighted by Crippen LogP contribution is -2.38. The number of nitrogens with one attached hydrogen (secondary N) is 1. The van der Waals surface area contributed by atoms with E-state index in [-0.39, 0.29) is 18.4 Å². The largest absolute Gasteiger partial charge is 0.360 e. The summed E-state index contributed by atoms with van der Waals surface area (Å²) in [5, 5.41) is 6.95. The van der Waals surface area contributed by atoms with Gasteiger partial charge in [0.05, 0.1) is 0 Å². The number of carbonyl (C=O) groups excluding carboxylic acids is 2. The van der Waals surface area contributed by atoms with Gasteiger partial charge in [0.2, 0.25) is 5.91 Å². The van der Waals surface area contributed by atoms with Gasteiger partial charge in [0.25, 0.3) is 5.91 Å². The van der Waals surface area contributed by atoms with Crippen molar-refractivity contribution in [3.63, 3.8) is 0 Å². The Kier molecular flexibility index (Phi) is 7.66. The Morgan fingerprint density at radius 3 is 2.54 bits per heavy atom. The molecule has 26 heavy (non-hydrogen) atoms. The average molecular weight is 378 g/mol. The minimum Gasteiger partial charge on any atom is -0.360 e. The van der Waals surface area contributed by atoms with Crippen LogP contribution in [0, 0.1) is 6.92 Å². The number of rotatable bonds is 9. The molecule has 0 aliphatic heterocycles. The number of benzene rings is 1. The van der Waals surface area contributed by atoms with E-state index in [4.69, 9.17) is 16.1 Å². The second-order valence-electron chi connectivity index (χ2n) is 6.17. The number of anilines is 1. The number of amides is 2. The van der Waals surface area contributed by atoms with E-state index in [1.54, 1.807) is 42.2 Å². The lowest BCUT2D eigenvalue weighted by atomic mass is 10.1. The first-order valence-corrected chi connectivity index (χ1v) is 9.15. The van der Waals surface area contributed by atoms with E-state index in [2.05, 4.69) is 17.4 Å². The lowest BCUT2D eigenvalue weighted by molar-refractivity contribution is -0.117. The number of aryl methyl sites for hydroxylation is 1. The molecular weight excluding hydrogens is 354 g/mol. The second-order valence-corrected chi connectivity index (χ2v) is 6.60. The Bertz CT molecular complexity index is 728. The molecule has 1 heterocycles. The van der Waals surface area contributed by atoms with E-state index < -0.39 is 0 Å². The third-order valence-corrected chi connectivity index (χ3v) is 4.14. The maximum absolute atomic E-state index is 12.8. The van der Waals surface area contributed by atoms with E-state index in [1.807, 2.05) is 0 Å². The number of carbonyl (C=O) groups is 2. The Morgan fingerprint density at radius 2 is 1.92 bits per heavy atom. The zero-order valence-corrected chi connectivity index (χ0v) is 15.9. The van der Waals surface area contributed by atoms with Gasteiger partial charge in [-0.25, -0.2) is 0 Å². The van der Waals surface area contributed by atoms with Crippen molar-refractivity contribution in [1.29, 1.82) is 0 Å². The minimum absolute atomic E-state index is 0.0422. The van der Waals surface area contributed by atoms with E-state index in [0.29, 0.717) is 28.7 Å². The Labute approximate surface area is 158 Å². The number of hydrogen-bond acceptors (Lipinski definition) is 4. The van der Waals surface area contributed by atoms with Crippen LogP contribution in [-0.2, 0) is 4.79 Å². The summed E-state index contributed by atoms with van der Waals surface area (Å²) < 4.78 is 4.93. The average Bonchev–Trinajstić information content (AvgIpc) is 3.02. The summed E-state index contributed by atoms with van der Waals surface area (Å²) in [4.78, 5) is 26.6. The molecule has 0 unspecified atom stereocenters. The molecule has 2 rings (SSSR count). The molecule has 0 aliphatic carbocycles. The van der Waals surface area contributed by atoms with Crippen LogP contribution in [0.1, 0.15) is 48.7 Å². The van der Waals surface area contributed by atoms with Gasteiger partial charge in [0.1, 0.15) is 12.3 Å². The molecule has 0 aliphatic rings. The summed E-state index contributed by atoms with van der Waals surface area (Å²) in [7, 11) is 0. The molecule has 0 bridgehead atoms. The number of aromatic nitrogens is 1. The first-order chi connectivity index (χ1) is 12.5. The van der Waals surface area contributed by atoms with Gasteiger partial charge < -0.3 is 14.7 Å². The molecule has 0 atom stereocenters. The van der Waals surface area contributed by atoms with Crippen LogP contribution in [-0.4, -0.2) is 35.0 Å². The van der Waals surface area contributed by atoms with Crippen molar-refractivity contribution in [3.8, 4) is 0 Å². The summed E-state index contributed by atoms with van der Waals surface area (Å²) in [6.45, 7) is 4.35. The zero-order valence-electron chi connectivity index (χ0n) is 15.1. The number of unbranched alkanes of at least 4 members (excludes halogenated alkanes) is 3. The molecule has 1 N–H and O–H groups in total. The van der Waals surface area contributed by atoms with Crippen LogP contribution in [0.25, 0.3) is 0 Å². The van der Waals surface area contributed by atoms with Gasteiger partial charge in [-0.2, -0.15) is 0 Å². The van der Waals surface area contributed by atoms with Crippen LogP contribution in [0.4, 0.5) is 5.82 Å². The third-order valence-electron chi connectivity index (χ3n) is 3.89. The Hall–Kier alpha value is -2.34. The van der Waals surface area contributed by atoms with Crippen molar-refractivity contribution >= 4 is 29.2 Å². The fourth-order valence-electron chi connectivity index (χ4n) is 2.54. The fraction of sp³-hybridized carbons (Fsp3) is 0.421. The van der Waals surface area contributed by atoms with Gasteiger partial charge in [-0.05, 0) is 37.6 Å². The van der Waals surface area contributed by atoms with Gasteiger partial charge in [0.15, 0.2) is 5.82 Å². The van der Waals surface area contributed by atoms with E-state index in [1.165, 1.54) is 0 Å². The van der Waals surface area contributed by atoms with Crippen LogP contribution in [0.15, 0.2) is 34.9 Å². The normalized spacial score (nSPS) is 10.6. The topological polar surface area (TPSA) is 75.4 Å². The first kappa shape index (κ1) is 20.0. The molecule has 7 heteroatoms. The highest BCUT2D eigenvalue weighted by atomic mass is 35.5. The van der Waals surface area contributed by atoms with Gasteiger partial charge in [-0.15, -0.1) is 0 Å². The van der Waals surface area contributed by atoms with Crippen LogP contribution < -0.4 is 5.32 Å². The minimum atomic E-state index is -0.309. The third kappa shape index (κ3) is 6.19. The van der Waals surface area contributed by atoms with Crippen molar-refractivity contribution in [2.45, 2.75) is 39.5 Å². The summed E-state index contributed by atoms with van der Waals surface area (Å²) in [6.07, 6.45) is 4.08. The van der Waals surface area contributed by atoms with Crippen molar-refractivity contribution in [2.24, 2.45) is 0 Å². The summed E-state index contributed by atoms with van der Waals surface area (Å²) in [5.74, 6) is 0.451. The maximum Gasteiger partial charge on any atom is 0.254 e.